The summed E-state index contributed by atoms with van der Waals surface area (Å²) < 4.78 is 1.46. The normalized spacial score (nSPS) is 10.4. The molecular formula is C19H13ClN2O2. The molecule has 4 nitrogen and oxygen atoms in total. The van der Waals surface area contributed by atoms with Crippen molar-refractivity contribution < 1.29 is 9.90 Å². The summed E-state index contributed by atoms with van der Waals surface area (Å²) in [6.07, 6.45) is 1.53. The number of nitriles is 1. The molecule has 0 atom stereocenters. The molecule has 0 radical (unpaired) electrons. The molecule has 3 rings (SSSR count). The zero-order valence-electron chi connectivity index (χ0n) is 12.8. The second-order valence-electron chi connectivity index (χ2n) is 5.38. The van der Waals surface area contributed by atoms with E-state index in [4.69, 9.17) is 11.6 Å². The summed E-state index contributed by atoms with van der Waals surface area (Å²) in [7, 11) is 1.62. The predicted molar refractivity (Wildman–Crippen MR) is 93.0 cm³/mol. The highest BCUT2D eigenvalue weighted by atomic mass is 35.5. The van der Waals surface area contributed by atoms with Crippen LogP contribution in [0.1, 0.15) is 16.1 Å². The van der Waals surface area contributed by atoms with E-state index in [1.807, 2.05) is 48.5 Å². The summed E-state index contributed by atoms with van der Waals surface area (Å²) in [6.45, 7) is 0. The van der Waals surface area contributed by atoms with Crippen molar-refractivity contribution in [1.82, 2.24) is 4.57 Å². The molecule has 5 heteroatoms. The van der Waals surface area contributed by atoms with Gasteiger partial charge in [0.1, 0.15) is 11.8 Å². The summed E-state index contributed by atoms with van der Waals surface area (Å²) in [4.78, 5) is 11.5. The molecule has 1 N–H and O–H groups in total. The van der Waals surface area contributed by atoms with Gasteiger partial charge in [0.25, 0.3) is 0 Å². The molecule has 0 aliphatic carbocycles. The first-order valence-corrected chi connectivity index (χ1v) is 7.58. The molecule has 0 saturated carbocycles. The number of nitrogens with zero attached hydrogens (tertiary/aromatic N) is 2. The van der Waals surface area contributed by atoms with Gasteiger partial charge < -0.3 is 9.67 Å². The fourth-order valence-corrected chi connectivity index (χ4v) is 2.95. The third-order valence-electron chi connectivity index (χ3n) is 3.84. The van der Waals surface area contributed by atoms with E-state index in [2.05, 4.69) is 6.07 Å². The summed E-state index contributed by atoms with van der Waals surface area (Å²) in [6, 6.07) is 17.0. The van der Waals surface area contributed by atoms with Crippen molar-refractivity contribution in [3.05, 3.63) is 71.0 Å². The van der Waals surface area contributed by atoms with Gasteiger partial charge in [-0.05, 0) is 28.8 Å². The zero-order chi connectivity index (χ0) is 17.3. The number of aryl methyl sites for hydroxylation is 1. The number of hydrogen-bond acceptors (Lipinski definition) is 2. The highest BCUT2D eigenvalue weighted by Crippen LogP contribution is 2.31. The third kappa shape index (κ3) is 2.78. The molecule has 0 amide bonds. The van der Waals surface area contributed by atoms with E-state index in [1.165, 1.54) is 10.8 Å². The van der Waals surface area contributed by atoms with Crippen LogP contribution in [0.15, 0.2) is 54.7 Å². The Balaban J connectivity index is 2.10. The zero-order valence-corrected chi connectivity index (χ0v) is 13.6. The van der Waals surface area contributed by atoms with Crippen LogP contribution in [0.3, 0.4) is 0 Å². The van der Waals surface area contributed by atoms with Gasteiger partial charge in [0.15, 0.2) is 0 Å². The largest absolute Gasteiger partial charge is 0.477 e. The van der Waals surface area contributed by atoms with E-state index in [9.17, 15) is 15.2 Å². The summed E-state index contributed by atoms with van der Waals surface area (Å²) in [5.74, 6) is -1.06. The van der Waals surface area contributed by atoms with Crippen LogP contribution in [0.5, 0.6) is 0 Å². The van der Waals surface area contributed by atoms with Crippen LogP contribution >= 0.6 is 11.6 Å². The lowest BCUT2D eigenvalue weighted by Crippen LogP contribution is -2.05. The van der Waals surface area contributed by atoms with Gasteiger partial charge in [0.05, 0.1) is 5.56 Å². The maximum atomic E-state index is 11.5. The van der Waals surface area contributed by atoms with Gasteiger partial charge in [-0.1, -0.05) is 48.0 Å². The van der Waals surface area contributed by atoms with Gasteiger partial charge in [-0.15, -0.1) is 0 Å². The van der Waals surface area contributed by atoms with Gasteiger partial charge >= 0.3 is 5.97 Å². The smallest absolute Gasteiger partial charge is 0.353 e. The van der Waals surface area contributed by atoms with E-state index in [0.29, 0.717) is 21.7 Å². The summed E-state index contributed by atoms with van der Waals surface area (Å²) >= 11 is 6.02. The number of carboxylic acid groups (broad SMARTS) is 1. The number of benzene rings is 2. The van der Waals surface area contributed by atoms with Gasteiger partial charge in [-0.3, -0.25) is 0 Å². The van der Waals surface area contributed by atoms with Crippen LogP contribution in [0.25, 0.3) is 22.3 Å². The highest BCUT2D eigenvalue weighted by molar-refractivity contribution is 6.30. The fraction of sp³-hybridized carbons (Fsp3) is 0.0526. The van der Waals surface area contributed by atoms with E-state index in [0.717, 1.165) is 11.1 Å². The van der Waals surface area contributed by atoms with Gasteiger partial charge in [-0.25, -0.2) is 4.79 Å². The minimum Gasteiger partial charge on any atom is -0.477 e. The monoisotopic (exact) mass is 336 g/mol. The molecule has 24 heavy (non-hydrogen) atoms. The highest BCUT2D eigenvalue weighted by Gasteiger charge is 2.21. The molecule has 1 heterocycles. The summed E-state index contributed by atoms with van der Waals surface area (Å²) in [5, 5.41) is 19.4. The maximum absolute atomic E-state index is 11.5. The fourth-order valence-electron chi connectivity index (χ4n) is 2.76. The Kier molecular flexibility index (Phi) is 4.11. The number of hydrogen-bond donors (Lipinski definition) is 1. The van der Waals surface area contributed by atoms with Crippen molar-refractivity contribution >= 4 is 17.6 Å². The van der Waals surface area contributed by atoms with E-state index < -0.39 is 5.97 Å². The van der Waals surface area contributed by atoms with Crippen molar-refractivity contribution in [2.45, 2.75) is 0 Å². The number of carboxylic acids is 1. The van der Waals surface area contributed by atoms with Crippen LogP contribution < -0.4 is 0 Å². The molecule has 118 valence electrons. The van der Waals surface area contributed by atoms with Crippen molar-refractivity contribution in [3.63, 3.8) is 0 Å². The number of carbonyl (C=O) groups is 1. The van der Waals surface area contributed by atoms with Gasteiger partial charge in [0, 0.05) is 23.8 Å². The quantitative estimate of drug-likeness (QED) is 0.761. The van der Waals surface area contributed by atoms with E-state index in [-0.39, 0.29) is 5.69 Å². The molecular weight excluding hydrogens is 324 g/mol. The number of aromatic nitrogens is 1. The van der Waals surface area contributed by atoms with Crippen molar-refractivity contribution in [2.24, 2.45) is 7.05 Å². The number of halogens is 1. The van der Waals surface area contributed by atoms with Crippen molar-refractivity contribution in [2.75, 3.05) is 0 Å². The molecule has 0 spiro atoms. The topological polar surface area (TPSA) is 66.0 Å². The number of aromatic carboxylic acids is 1. The first-order valence-electron chi connectivity index (χ1n) is 7.20. The maximum Gasteiger partial charge on any atom is 0.353 e. The Morgan fingerprint density at radius 1 is 1.12 bits per heavy atom. The predicted octanol–water partition coefficient (Wildman–Crippen LogP) is 4.58. The molecule has 0 fully saturated rings. The first kappa shape index (κ1) is 15.9. The van der Waals surface area contributed by atoms with E-state index >= 15 is 0 Å². The Bertz CT molecular complexity index is 966. The molecule has 0 bridgehead atoms. The minimum absolute atomic E-state index is 0.0991. The Labute approximate surface area is 144 Å². The van der Waals surface area contributed by atoms with Gasteiger partial charge in [-0.2, -0.15) is 5.26 Å². The summed E-state index contributed by atoms with van der Waals surface area (Å²) in [5.41, 5.74) is 3.50. The standard InChI is InChI=1S/C19H13ClN2O2/c1-22-11-15(10-21)17(18(22)19(23)24)13-7-5-12(6-8-13)14-3-2-4-16(20)9-14/h2-9,11H,1H3,(H,23,24). The van der Waals surface area contributed by atoms with Crippen LogP contribution in [0.4, 0.5) is 0 Å². The number of rotatable bonds is 3. The lowest BCUT2D eigenvalue weighted by Gasteiger charge is -2.07. The van der Waals surface area contributed by atoms with Crippen LogP contribution in [-0.4, -0.2) is 15.6 Å². The molecule has 2 aromatic carbocycles. The Hall–Kier alpha value is -3.03. The molecule has 0 aliphatic rings. The molecule has 0 saturated heterocycles. The van der Waals surface area contributed by atoms with Crippen LogP contribution in [0, 0.1) is 11.3 Å². The average molecular weight is 337 g/mol. The first-order chi connectivity index (χ1) is 11.5. The third-order valence-corrected chi connectivity index (χ3v) is 4.07. The Morgan fingerprint density at radius 3 is 2.38 bits per heavy atom. The van der Waals surface area contributed by atoms with Gasteiger partial charge in [0.2, 0.25) is 0 Å². The molecule has 3 aromatic rings. The minimum atomic E-state index is -1.06. The SMILES string of the molecule is Cn1cc(C#N)c(-c2ccc(-c3cccc(Cl)c3)cc2)c1C(=O)O. The van der Waals surface area contributed by atoms with E-state index in [1.54, 1.807) is 7.05 Å². The Morgan fingerprint density at radius 2 is 1.79 bits per heavy atom. The molecule has 0 aliphatic heterocycles. The lowest BCUT2D eigenvalue weighted by molar-refractivity contribution is 0.0687. The van der Waals surface area contributed by atoms with Crippen LogP contribution in [-0.2, 0) is 7.05 Å². The second-order valence-corrected chi connectivity index (χ2v) is 5.82. The van der Waals surface area contributed by atoms with Crippen LogP contribution in [0.2, 0.25) is 5.02 Å². The second kappa shape index (κ2) is 6.23. The van der Waals surface area contributed by atoms with Crippen molar-refractivity contribution in [1.29, 1.82) is 5.26 Å². The lowest BCUT2D eigenvalue weighted by atomic mass is 9.98. The van der Waals surface area contributed by atoms with Crippen molar-refractivity contribution in [3.8, 4) is 28.3 Å². The molecule has 1 aromatic heterocycles. The molecule has 0 unspecified atom stereocenters. The average Bonchev–Trinajstić information content (AvgIpc) is 2.91.